The van der Waals surface area contributed by atoms with Crippen molar-refractivity contribution in [3.05, 3.63) is 0 Å². The number of aliphatic hydroxyl groups is 10. The Morgan fingerprint density at radius 2 is 0.754 bits per heavy atom. The lowest BCUT2D eigenvalue weighted by Gasteiger charge is -2.42. The number of amides is 1. The van der Waals surface area contributed by atoms with Crippen LogP contribution in [0.2, 0.25) is 0 Å². The molecule has 4 fully saturated rings. The Morgan fingerprint density at radius 1 is 0.415 bits per heavy atom. The molecular formula is C67H132I2NO43P5. The number of carbonyl (C=O) groups is 1. The average Bonchev–Trinajstić information content (AvgIpc) is 0.927. The lowest BCUT2D eigenvalue weighted by molar-refractivity contribution is -0.282. The summed E-state index contributed by atoms with van der Waals surface area (Å²) >= 11 is 4.24. The van der Waals surface area contributed by atoms with Crippen molar-refractivity contribution >= 4 is 82.3 Å². The average molecular weight is 2050 g/mol. The fourth-order valence-corrected chi connectivity index (χ4v) is 16.1. The molecule has 118 heavy (non-hydrogen) atoms. The number of phosphoric acid groups is 5. The summed E-state index contributed by atoms with van der Waals surface area (Å²) in [4.78, 5) is 64.5. The van der Waals surface area contributed by atoms with Crippen molar-refractivity contribution in [2.75, 3.05) is 159 Å². The quantitative estimate of drug-likeness (QED) is 0.0177. The molecule has 51 heteroatoms. The molecule has 12 unspecified atom stereocenters. The molecule has 0 aliphatic carbocycles. The van der Waals surface area contributed by atoms with Crippen molar-refractivity contribution in [1.29, 1.82) is 0 Å². The Balaban J connectivity index is 0.0000179. The summed E-state index contributed by atoms with van der Waals surface area (Å²) in [6.45, 7) is 0.124. The summed E-state index contributed by atoms with van der Waals surface area (Å²) in [5, 5.41) is 103. The minimum absolute atomic E-state index is 0.0267. The predicted octanol–water partition coefficient (Wildman–Crippen LogP) is 3.97. The van der Waals surface area contributed by atoms with Gasteiger partial charge in [0.15, 0.2) is 32.5 Å². The van der Waals surface area contributed by atoms with Crippen molar-refractivity contribution in [3.63, 3.8) is 0 Å². The van der Waals surface area contributed by atoms with Crippen LogP contribution in [0.5, 0.6) is 0 Å². The first-order valence-corrected chi connectivity index (χ1v) is 53.2. The van der Waals surface area contributed by atoms with E-state index in [1.807, 2.05) is 6.92 Å². The highest BCUT2D eigenvalue weighted by molar-refractivity contribution is 15.0. The van der Waals surface area contributed by atoms with Crippen LogP contribution in [0, 0.1) is 23.2 Å². The molecule has 44 nitrogen and oxygen atoms in total. The summed E-state index contributed by atoms with van der Waals surface area (Å²) in [5.74, 6) is -2.45. The normalized spacial score (nSPS) is 29.6. The highest BCUT2D eigenvalue weighted by atomic mass is 128. The third-order valence-electron chi connectivity index (χ3n) is 18.8. The van der Waals surface area contributed by atoms with E-state index in [2.05, 4.69) is 42.5 Å². The second kappa shape index (κ2) is 62.0. The second-order valence-electron chi connectivity index (χ2n) is 28.8. The van der Waals surface area contributed by atoms with E-state index in [0.717, 1.165) is 0 Å². The van der Waals surface area contributed by atoms with Gasteiger partial charge < -0.3 is 138 Å². The molecular weight excluding hydrogens is 1920 g/mol. The molecule has 0 saturated carbocycles. The van der Waals surface area contributed by atoms with E-state index in [9.17, 15) is 103 Å². The van der Waals surface area contributed by atoms with Gasteiger partial charge in [-0.1, -0.05) is 59.3 Å². The molecule has 0 radical (unpaired) electrons. The second-order valence-corrected chi connectivity index (χ2v) is 36.0. The molecule has 4 rings (SSSR count). The van der Waals surface area contributed by atoms with Crippen LogP contribution in [0.25, 0.3) is 0 Å². The molecule has 702 valence electrons. The van der Waals surface area contributed by atoms with Gasteiger partial charge in [-0.15, -0.1) is 0 Å². The van der Waals surface area contributed by atoms with Gasteiger partial charge in [0.1, 0.15) is 48.8 Å². The maximum absolute atomic E-state index is 13.6. The summed E-state index contributed by atoms with van der Waals surface area (Å²) in [5.41, 5.74) is -1.58. The van der Waals surface area contributed by atoms with Gasteiger partial charge >= 0.3 is 39.1 Å². The van der Waals surface area contributed by atoms with Crippen molar-refractivity contribution < 1.29 is 205 Å². The maximum Gasteiger partial charge on any atom is 0.474 e. The Labute approximate surface area is 712 Å². The van der Waals surface area contributed by atoms with E-state index in [1.165, 1.54) is 6.92 Å². The summed E-state index contributed by atoms with van der Waals surface area (Å²) in [6, 6.07) is -1.11. The molecule has 0 spiro atoms. The van der Waals surface area contributed by atoms with Crippen molar-refractivity contribution in [1.82, 2.24) is 5.32 Å². The number of aliphatic hydroxyl groups excluding tert-OH is 10. The minimum atomic E-state index is -5.11. The van der Waals surface area contributed by atoms with Crippen molar-refractivity contribution in [2.24, 2.45) is 23.2 Å². The van der Waals surface area contributed by atoms with Crippen molar-refractivity contribution in [2.45, 2.75) is 242 Å². The van der Waals surface area contributed by atoms with E-state index >= 15 is 0 Å². The lowest BCUT2D eigenvalue weighted by Crippen LogP contribution is -2.64. The molecule has 4 heterocycles. The van der Waals surface area contributed by atoms with Gasteiger partial charge in [-0.25, -0.2) is 22.8 Å². The smallest absolute Gasteiger partial charge is 0.396 e. The molecule has 4 aliphatic rings. The predicted molar refractivity (Wildman–Crippen MR) is 429 cm³/mol. The largest absolute Gasteiger partial charge is 0.474 e. The van der Waals surface area contributed by atoms with Gasteiger partial charge in [0.25, 0.3) is 0 Å². The van der Waals surface area contributed by atoms with Gasteiger partial charge in [0, 0.05) is 108 Å². The first kappa shape index (κ1) is 113. The van der Waals surface area contributed by atoms with E-state index in [-0.39, 0.29) is 118 Å². The zero-order valence-corrected chi connectivity index (χ0v) is 76.4. The number of nitrogens with one attached hydrogen (secondary N) is 1. The van der Waals surface area contributed by atoms with Crippen LogP contribution in [0.4, 0.5) is 0 Å². The molecule has 0 aromatic carbocycles. The van der Waals surface area contributed by atoms with Crippen LogP contribution >= 0.6 is 76.3 Å². The van der Waals surface area contributed by atoms with Gasteiger partial charge in [-0.3, -0.25) is 50.0 Å². The first-order chi connectivity index (χ1) is 56.1. The Morgan fingerprint density at radius 3 is 1.12 bits per heavy atom. The zero-order chi connectivity index (χ0) is 87.8. The molecule has 24 atom stereocenters. The zero-order valence-electron chi connectivity index (χ0n) is 67.6. The summed E-state index contributed by atoms with van der Waals surface area (Å²) in [7, 11) is -23.5. The van der Waals surface area contributed by atoms with Crippen LogP contribution < -0.4 is 5.32 Å². The Hall–Kier alpha value is 0.600. The fraction of sp³-hybridized carbons (Fsp3) is 0.985. The number of ether oxygens (including phenoxy) is 12. The van der Waals surface area contributed by atoms with Gasteiger partial charge in [0.2, 0.25) is 5.91 Å². The maximum atomic E-state index is 13.6. The summed E-state index contributed by atoms with van der Waals surface area (Å²) < 4.78 is 185. The number of hydrogen-bond acceptors (Lipinski definition) is 38. The van der Waals surface area contributed by atoms with E-state index < -0.39 is 227 Å². The minimum Gasteiger partial charge on any atom is -0.396 e. The molecule has 0 bridgehead atoms. The molecule has 0 aromatic rings. The number of hydrogen-bond donors (Lipinski definition) is 16. The topological polar surface area (TPSA) is 621 Å². The van der Waals surface area contributed by atoms with Crippen LogP contribution in [0.15, 0.2) is 0 Å². The van der Waals surface area contributed by atoms with Crippen molar-refractivity contribution in [3.8, 4) is 0 Å². The highest BCUT2D eigenvalue weighted by Gasteiger charge is 2.47. The number of phosphoric ester groups is 5. The fourth-order valence-electron chi connectivity index (χ4n) is 12.1. The van der Waals surface area contributed by atoms with Gasteiger partial charge in [0.05, 0.1) is 142 Å². The molecule has 4 saturated heterocycles. The molecule has 1 amide bonds. The number of carbonyl (C=O) groups excluding carboxylic acids is 1. The van der Waals surface area contributed by atoms with E-state index in [1.54, 1.807) is 20.8 Å². The lowest BCUT2D eigenvalue weighted by atomic mass is 9.92. The monoisotopic (exact) mass is 2050 g/mol. The third kappa shape index (κ3) is 46.2. The SMILES string of the molecule is CC[C@H]1O[C@@H](C)C[C@@H]1OP(=O)(O)OCOCC(CO)COCOP(=O)(O)OCC(COCCCOP(=O)(O)OCCCCCCO[C@@H]1OC(CO)[C@H](O)[C@H](O)C1C)(COCCCOP(=O)(O)OCCCCCCO[C@@H]1OC(CO)[C@H](O)[C@H](O)C1C)COCCCOP(=O)(O)OCCCCCCO[C@@H]1OC(CO)[C@H](O)[C@H](O)C1NC(C)=O.II. The number of unbranched alkanes of at least 4 members (excludes halogenated alkanes) is 9. The van der Waals surface area contributed by atoms with Gasteiger partial charge in [-0.2, -0.15) is 0 Å². The first-order valence-electron chi connectivity index (χ1n) is 39.5. The molecule has 4 aliphatic heterocycles. The highest BCUT2D eigenvalue weighted by Crippen LogP contribution is 2.49. The van der Waals surface area contributed by atoms with E-state index in [4.69, 9.17) is 102 Å². The van der Waals surface area contributed by atoms with Gasteiger partial charge in [-0.05, 0) is 71.1 Å². The number of rotatable bonds is 69. The Bertz CT molecular complexity index is 2790. The third-order valence-corrected chi connectivity index (χ3v) is 23.7. The standard InChI is InChI=1S/C67H132NO43P5.I2/c1-6-52-53(34-47(2)107-52)111-116(88,89)106-46-94-40-51(35-69)39-93-45-105-115(86,87)104-44-67(41-90-22-19-31-101-112(80,81)98-28-16-10-7-13-25-95-64-48(3)58(74)60(76)54(36-70)108-64,42-91-23-20-32-102-113(82,83)99-29-17-11-8-14-26-96-65-49(4)59(75)61(77)55(37-71)109-65)43-92-24-21-33-103-114(84,85)100-30-18-12-9-15-27-97-66-57(68-50(5)73)63(79)62(78)56(38-72)110-66;1-2/h47-49,51-66,69-72,74-79H,6-46H2,1-5H3,(H,68,73)(H,80,81)(H,82,83)(H,84,85)(H,86,87)(H,88,89);/t47-,48?,49?,51?,52+,53-,54?,55?,56?,57?,58+,59+,60-,61-,62-,63+,64+,65+,66+,67?;/m0./s1. The molecule has 0 aromatic heterocycles. The summed E-state index contributed by atoms with van der Waals surface area (Å²) in [6.07, 6.45) is -8.35. The van der Waals surface area contributed by atoms with Crippen LogP contribution in [-0.4, -0.2) is 339 Å². The Kier molecular flexibility index (Phi) is 59.2. The van der Waals surface area contributed by atoms with E-state index in [0.29, 0.717) is 89.9 Å². The van der Waals surface area contributed by atoms with Crippen LogP contribution in [0.3, 0.4) is 0 Å². The molecule has 16 N–H and O–H groups in total. The van der Waals surface area contributed by atoms with Crippen LogP contribution in [-0.2, 0) is 130 Å². The number of halogens is 2. The van der Waals surface area contributed by atoms with Crippen LogP contribution in [0.1, 0.15) is 144 Å².